The highest BCUT2D eigenvalue weighted by atomic mass is 79.9. The van der Waals surface area contributed by atoms with Crippen molar-refractivity contribution in [3.63, 3.8) is 0 Å². The summed E-state index contributed by atoms with van der Waals surface area (Å²) in [5.41, 5.74) is 7.68. The van der Waals surface area contributed by atoms with E-state index in [1.165, 1.54) is 0 Å². The molecule has 0 saturated carbocycles. The number of pyridine rings is 1. The first-order valence-electron chi connectivity index (χ1n) is 4.49. The van der Waals surface area contributed by atoms with Gasteiger partial charge >= 0.3 is 0 Å². The van der Waals surface area contributed by atoms with Gasteiger partial charge in [-0.3, -0.25) is 4.98 Å². The number of benzene rings is 1. The standard InChI is InChI=1S/C11H11BrN2/c1-7(13)10-6-5-8-9(12)3-2-4-11(8)14-10/h2-7H,13H2,1H3. The molecule has 3 heteroatoms. The summed E-state index contributed by atoms with van der Waals surface area (Å²) in [4.78, 5) is 4.48. The largest absolute Gasteiger partial charge is 0.323 e. The van der Waals surface area contributed by atoms with Gasteiger partial charge in [0.2, 0.25) is 0 Å². The summed E-state index contributed by atoms with van der Waals surface area (Å²) < 4.78 is 1.07. The van der Waals surface area contributed by atoms with E-state index in [1.54, 1.807) is 0 Å². The molecular formula is C11H11BrN2. The predicted molar refractivity (Wildman–Crippen MR) is 62.0 cm³/mol. The van der Waals surface area contributed by atoms with E-state index in [0.717, 1.165) is 21.1 Å². The first kappa shape index (κ1) is 9.62. The predicted octanol–water partition coefficient (Wildman–Crippen LogP) is 3.02. The maximum Gasteiger partial charge on any atom is 0.0717 e. The van der Waals surface area contributed by atoms with Crippen LogP contribution in [0.4, 0.5) is 0 Å². The number of hydrogen-bond acceptors (Lipinski definition) is 2. The maximum atomic E-state index is 5.77. The fraction of sp³-hybridized carbons (Fsp3) is 0.182. The van der Waals surface area contributed by atoms with Gasteiger partial charge in [-0.2, -0.15) is 0 Å². The molecule has 0 aliphatic rings. The van der Waals surface area contributed by atoms with E-state index >= 15 is 0 Å². The van der Waals surface area contributed by atoms with Gasteiger partial charge in [-0.15, -0.1) is 0 Å². The molecule has 0 aliphatic heterocycles. The minimum absolute atomic E-state index is 0.0154. The fourth-order valence-corrected chi connectivity index (χ4v) is 1.87. The maximum absolute atomic E-state index is 5.77. The van der Waals surface area contributed by atoms with E-state index in [9.17, 15) is 0 Å². The lowest BCUT2D eigenvalue weighted by Gasteiger charge is -2.06. The van der Waals surface area contributed by atoms with Crippen molar-refractivity contribution in [2.45, 2.75) is 13.0 Å². The molecule has 0 bridgehead atoms. The molecule has 1 aromatic heterocycles. The molecule has 0 fully saturated rings. The molecule has 2 N–H and O–H groups in total. The van der Waals surface area contributed by atoms with Crippen molar-refractivity contribution in [1.29, 1.82) is 0 Å². The van der Waals surface area contributed by atoms with Crippen LogP contribution in [0, 0.1) is 0 Å². The first-order chi connectivity index (χ1) is 6.68. The molecule has 1 aromatic carbocycles. The van der Waals surface area contributed by atoms with Crippen molar-refractivity contribution in [1.82, 2.24) is 4.98 Å². The van der Waals surface area contributed by atoms with Crippen molar-refractivity contribution < 1.29 is 0 Å². The van der Waals surface area contributed by atoms with E-state index in [-0.39, 0.29) is 6.04 Å². The zero-order chi connectivity index (χ0) is 10.1. The minimum Gasteiger partial charge on any atom is -0.323 e. The van der Waals surface area contributed by atoms with E-state index in [1.807, 2.05) is 37.3 Å². The average Bonchev–Trinajstić information content (AvgIpc) is 2.17. The number of rotatable bonds is 1. The Labute approximate surface area is 91.3 Å². The summed E-state index contributed by atoms with van der Waals surface area (Å²) in [6, 6.07) is 9.98. The Hall–Kier alpha value is -0.930. The van der Waals surface area contributed by atoms with Gasteiger partial charge in [0.1, 0.15) is 0 Å². The zero-order valence-electron chi connectivity index (χ0n) is 7.87. The third kappa shape index (κ3) is 1.65. The monoisotopic (exact) mass is 250 g/mol. The number of fused-ring (bicyclic) bond motifs is 1. The second kappa shape index (κ2) is 3.67. The summed E-state index contributed by atoms with van der Waals surface area (Å²) in [6.07, 6.45) is 0. The molecule has 14 heavy (non-hydrogen) atoms. The minimum atomic E-state index is -0.0154. The van der Waals surface area contributed by atoms with Crippen LogP contribution in [0.15, 0.2) is 34.8 Å². The van der Waals surface area contributed by atoms with Crippen LogP contribution in [0.1, 0.15) is 18.7 Å². The summed E-state index contributed by atoms with van der Waals surface area (Å²) in [7, 11) is 0. The second-order valence-corrected chi connectivity index (χ2v) is 4.19. The van der Waals surface area contributed by atoms with E-state index in [2.05, 4.69) is 20.9 Å². The lowest BCUT2D eigenvalue weighted by molar-refractivity contribution is 0.787. The summed E-state index contributed by atoms with van der Waals surface area (Å²) in [6.45, 7) is 1.94. The van der Waals surface area contributed by atoms with Crippen LogP contribution in [-0.4, -0.2) is 4.98 Å². The highest BCUT2D eigenvalue weighted by Gasteiger charge is 2.03. The summed E-state index contributed by atoms with van der Waals surface area (Å²) in [5.74, 6) is 0. The van der Waals surface area contributed by atoms with Crippen LogP contribution in [0.3, 0.4) is 0 Å². The number of nitrogens with two attached hydrogens (primary N) is 1. The van der Waals surface area contributed by atoms with E-state index in [0.29, 0.717) is 0 Å². The Kier molecular flexibility index (Phi) is 2.52. The van der Waals surface area contributed by atoms with Gasteiger partial charge in [0.05, 0.1) is 11.2 Å². The number of aromatic nitrogens is 1. The molecular weight excluding hydrogens is 240 g/mol. The average molecular weight is 251 g/mol. The van der Waals surface area contributed by atoms with Gasteiger partial charge in [-0.25, -0.2) is 0 Å². The Bertz CT molecular complexity index is 466. The van der Waals surface area contributed by atoms with Crippen molar-refractivity contribution in [3.8, 4) is 0 Å². The second-order valence-electron chi connectivity index (χ2n) is 3.33. The quantitative estimate of drug-likeness (QED) is 0.846. The SMILES string of the molecule is CC(N)c1ccc2c(Br)cccc2n1. The third-order valence-corrected chi connectivity index (χ3v) is 2.86. The van der Waals surface area contributed by atoms with Crippen LogP contribution < -0.4 is 5.73 Å². The number of hydrogen-bond donors (Lipinski definition) is 1. The van der Waals surface area contributed by atoms with Gasteiger partial charge < -0.3 is 5.73 Å². The smallest absolute Gasteiger partial charge is 0.0717 e. The lowest BCUT2D eigenvalue weighted by Crippen LogP contribution is -2.06. The highest BCUT2D eigenvalue weighted by Crippen LogP contribution is 2.23. The topological polar surface area (TPSA) is 38.9 Å². The molecule has 72 valence electrons. The van der Waals surface area contributed by atoms with Gasteiger partial charge in [0.15, 0.2) is 0 Å². The highest BCUT2D eigenvalue weighted by molar-refractivity contribution is 9.10. The van der Waals surface area contributed by atoms with E-state index < -0.39 is 0 Å². The van der Waals surface area contributed by atoms with Gasteiger partial charge in [-0.1, -0.05) is 22.0 Å². The Morgan fingerprint density at radius 2 is 2.07 bits per heavy atom. The molecule has 2 nitrogen and oxygen atoms in total. The lowest BCUT2D eigenvalue weighted by atomic mass is 10.1. The fourth-order valence-electron chi connectivity index (χ4n) is 1.39. The van der Waals surface area contributed by atoms with Crippen molar-refractivity contribution in [3.05, 3.63) is 40.5 Å². The molecule has 0 radical (unpaired) electrons. The van der Waals surface area contributed by atoms with E-state index in [4.69, 9.17) is 5.73 Å². The Morgan fingerprint density at radius 3 is 2.79 bits per heavy atom. The van der Waals surface area contributed by atoms with Crippen molar-refractivity contribution in [2.24, 2.45) is 5.73 Å². The molecule has 0 saturated heterocycles. The van der Waals surface area contributed by atoms with Crippen LogP contribution in [-0.2, 0) is 0 Å². The zero-order valence-corrected chi connectivity index (χ0v) is 9.45. The molecule has 0 amide bonds. The van der Waals surface area contributed by atoms with Crippen LogP contribution in [0.2, 0.25) is 0 Å². The molecule has 0 aliphatic carbocycles. The van der Waals surface area contributed by atoms with Gasteiger partial charge in [0.25, 0.3) is 0 Å². The number of nitrogens with zero attached hydrogens (tertiary/aromatic N) is 1. The van der Waals surface area contributed by atoms with Crippen molar-refractivity contribution in [2.75, 3.05) is 0 Å². The summed E-state index contributed by atoms with van der Waals surface area (Å²) >= 11 is 3.49. The molecule has 2 aromatic rings. The molecule has 2 rings (SSSR count). The normalized spacial score (nSPS) is 13.1. The Balaban J connectivity index is 2.67. The van der Waals surface area contributed by atoms with Crippen LogP contribution in [0.25, 0.3) is 10.9 Å². The van der Waals surface area contributed by atoms with Crippen LogP contribution in [0.5, 0.6) is 0 Å². The molecule has 1 atom stereocenters. The van der Waals surface area contributed by atoms with Gasteiger partial charge in [-0.05, 0) is 31.2 Å². The Morgan fingerprint density at radius 1 is 1.29 bits per heavy atom. The third-order valence-electron chi connectivity index (χ3n) is 2.17. The van der Waals surface area contributed by atoms with Crippen molar-refractivity contribution >= 4 is 26.8 Å². The molecule has 1 heterocycles. The van der Waals surface area contributed by atoms with Crippen LogP contribution >= 0.6 is 15.9 Å². The molecule has 1 unspecified atom stereocenters. The molecule has 0 spiro atoms. The van der Waals surface area contributed by atoms with Gasteiger partial charge in [0, 0.05) is 15.9 Å². The number of halogens is 1. The summed E-state index contributed by atoms with van der Waals surface area (Å²) in [5, 5.41) is 1.12. The first-order valence-corrected chi connectivity index (χ1v) is 5.28.